The van der Waals surface area contributed by atoms with Gasteiger partial charge in [-0.1, -0.05) is 95.7 Å². The van der Waals surface area contributed by atoms with Gasteiger partial charge in [-0.05, 0) is 29.7 Å². The van der Waals surface area contributed by atoms with Crippen LogP contribution in [0.1, 0.15) is 17.5 Å². The molecule has 0 saturated heterocycles. The van der Waals surface area contributed by atoms with Crippen molar-refractivity contribution >= 4 is 39.9 Å². The summed E-state index contributed by atoms with van der Waals surface area (Å²) in [6.07, 6.45) is 1.27. The minimum absolute atomic E-state index is 0.181. The summed E-state index contributed by atoms with van der Waals surface area (Å²) in [4.78, 5) is 25.8. The zero-order valence-corrected chi connectivity index (χ0v) is 19.9. The van der Waals surface area contributed by atoms with Gasteiger partial charge in [-0.25, -0.2) is 0 Å². The first-order valence-corrected chi connectivity index (χ1v) is 12.0. The Morgan fingerprint density at radius 2 is 1.50 bits per heavy atom. The van der Waals surface area contributed by atoms with Crippen LogP contribution in [0.15, 0.2) is 84.9 Å². The standard InChI is InChI=1S/C26H23ClN4O2S/c27-21-14-12-20(13-15-21)25-30-31-26(34-25)29-24(33)22(17-19-9-5-2-6-10-19)28-23(32)16-11-18-7-3-1-4-8-18/h1-10,12-15,22H,11,16-17H2,(H,28,32)(H,29,31,33)/t22-/m1/s1. The molecule has 0 unspecified atom stereocenters. The highest BCUT2D eigenvalue weighted by molar-refractivity contribution is 7.18. The Morgan fingerprint density at radius 1 is 0.853 bits per heavy atom. The van der Waals surface area contributed by atoms with Gasteiger partial charge in [-0.2, -0.15) is 0 Å². The molecule has 0 saturated carbocycles. The molecule has 3 aromatic carbocycles. The SMILES string of the molecule is O=C(CCc1ccccc1)N[C@H](Cc1ccccc1)C(=O)Nc1nnc(-c2ccc(Cl)cc2)s1. The van der Waals surface area contributed by atoms with E-state index in [0.717, 1.165) is 16.7 Å². The maximum atomic E-state index is 13.1. The van der Waals surface area contributed by atoms with Crippen molar-refractivity contribution in [2.75, 3.05) is 5.32 Å². The third kappa shape index (κ3) is 6.73. The summed E-state index contributed by atoms with van der Waals surface area (Å²) in [5.74, 6) is -0.519. The van der Waals surface area contributed by atoms with E-state index >= 15 is 0 Å². The molecule has 172 valence electrons. The predicted molar refractivity (Wildman–Crippen MR) is 136 cm³/mol. The summed E-state index contributed by atoms with van der Waals surface area (Å²) in [5.41, 5.74) is 2.88. The zero-order valence-electron chi connectivity index (χ0n) is 18.3. The van der Waals surface area contributed by atoms with E-state index in [1.165, 1.54) is 11.3 Å². The second kappa shape index (κ2) is 11.5. The number of amides is 2. The lowest BCUT2D eigenvalue weighted by atomic mass is 10.0. The monoisotopic (exact) mass is 490 g/mol. The van der Waals surface area contributed by atoms with E-state index in [1.54, 1.807) is 12.1 Å². The topological polar surface area (TPSA) is 84.0 Å². The fourth-order valence-electron chi connectivity index (χ4n) is 3.40. The maximum Gasteiger partial charge on any atom is 0.249 e. The molecule has 0 spiro atoms. The first-order chi connectivity index (χ1) is 16.6. The Hall–Kier alpha value is -3.55. The summed E-state index contributed by atoms with van der Waals surface area (Å²) in [7, 11) is 0. The van der Waals surface area contributed by atoms with E-state index in [9.17, 15) is 9.59 Å². The normalized spacial score (nSPS) is 11.6. The molecule has 0 aliphatic carbocycles. The van der Waals surface area contributed by atoms with E-state index < -0.39 is 6.04 Å². The fourth-order valence-corrected chi connectivity index (χ4v) is 4.28. The number of nitrogens with one attached hydrogen (secondary N) is 2. The lowest BCUT2D eigenvalue weighted by molar-refractivity contribution is -0.126. The number of aryl methyl sites for hydroxylation is 1. The highest BCUT2D eigenvalue weighted by atomic mass is 35.5. The van der Waals surface area contributed by atoms with Gasteiger partial charge in [0.2, 0.25) is 16.9 Å². The van der Waals surface area contributed by atoms with Crippen molar-refractivity contribution in [1.82, 2.24) is 15.5 Å². The van der Waals surface area contributed by atoms with Crippen LogP contribution in [-0.4, -0.2) is 28.1 Å². The number of carbonyl (C=O) groups is 2. The van der Waals surface area contributed by atoms with Gasteiger partial charge in [0.25, 0.3) is 0 Å². The van der Waals surface area contributed by atoms with Crippen molar-refractivity contribution in [3.63, 3.8) is 0 Å². The lowest BCUT2D eigenvalue weighted by Gasteiger charge is -2.18. The minimum atomic E-state index is -0.742. The molecule has 1 heterocycles. The number of hydrogen-bond donors (Lipinski definition) is 2. The predicted octanol–water partition coefficient (Wildman–Crippen LogP) is 5.16. The maximum absolute atomic E-state index is 13.1. The Morgan fingerprint density at radius 3 is 2.18 bits per heavy atom. The number of halogens is 1. The number of hydrogen-bond acceptors (Lipinski definition) is 5. The second-order valence-electron chi connectivity index (χ2n) is 7.70. The van der Waals surface area contributed by atoms with E-state index in [0.29, 0.717) is 34.4 Å². The molecule has 34 heavy (non-hydrogen) atoms. The molecule has 0 fully saturated rings. The van der Waals surface area contributed by atoms with Crippen molar-refractivity contribution in [2.24, 2.45) is 0 Å². The van der Waals surface area contributed by atoms with Crippen molar-refractivity contribution in [2.45, 2.75) is 25.3 Å². The molecule has 4 aromatic rings. The lowest BCUT2D eigenvalue weighted by Crippen LogP contribution is -2.45. The van der Waals surface area contributed by atoms with Crippen LogP contribution in [0.5, 0.6) is 0 Å². The number of rotatable bonds is 9. The molecule has 1 aromatic heterocycles. The van der Waals surface area contributed by atoms with Gasteiger partial charge in [0, 0.05) is 23.4 Å². The number of benzene rings is 3. The van der Waals surface area contributed by atoms with Crippen molar-refractivity contribution in [3.05, 3.63) is 101 Å². The van der Waals surface area contributed by atoms with Crippen molar-refractivity contribution < 1.29 is 9.59 Å². The van der Waals surface area contributed by atoms with Crippen LogP contribution in [0.25, 0.3) is 10.6 Å². The van der Waals surface area contributed by atoms with Crippen LogP contribution in [0.3, 0.4) is 0 Å². The molecule has 4 rings (SSSR count). The highest BCUT2D eigenvalue weighted by Gasteiger charge is 2.23. The summed E-state index contributed by atoms with van der Waals surface area (Å²) >= 11 is 7.21. The Bertz CT molecular complexity index is 1230. The van der Waals surface area contributed by atoms with Crippen LogP contribution in [0.4, 0.5) is 5.13 Å². The molecule has 8 heteroatoms. The third-order valence-electron chi connectivity index (χ3n) is 5.16. The van der Waals surface area contributed by atoms with Gasteiger partial charge in [0.05, 0.1) is 0 Å². The molecular formula is C26H23ClN4O2S. The van der Waals surface area contributed by atoms with Gasteiger partial charge >= 0.3 is 0 Å². The smallest absolute Gasteiger partial charge is 0.249 e. The summed E-state index contributed by atoms with van der Waals surface area (Å²) in [5, 5.41) is 15.6. The van der Waals surface area contributed by atoms with E-state index in [-0.39, 0.29) is 11.8 Å². The van der Waals surface area contributed by atoms with E-state index in [2.05, 4.69) is 20.8 Å². The van der Waals surface area contributed by atoms with Crippen molar-refractivity contribution in [1.29, 1.82) is 0 Å². The summed E-state index contributed by atoms with van der Waals surface area (Å²) < 4.78 is 0. The fraction of sp³-hybridized carbons (Fsp3) is 0.154. The molecule has 2 N–H and O–H groups in total. The first-order valence-electron chi connectivity index (χ1n) is 10.8. The van der Waals surface area contributed by atoms with Crippen molar-refractivity contribution in [3.8, 4) is 10.6 Å². The number of nitrogens with zero attached hydrogens (tertiary/aromatic N) is 2. The highest BCUT2D eigenvalue weighted by Crippen LogP contribution is 2.27. The van der Waals surface area contributed by atoms with Crippen LogP contribution in [-0.2, 0) is 22.4 Å². The largest absolute Gasteiger partial charge is 0.344 e. The van der Waals surface area contributed by atoms with Gasteiger partial charge in [0.15, 0.2) is 0 Å². The molecule has 2 amide bonds. The Kier molecular flexibility index (Phi) is 8.01. The molecule has 0 bridgehead atoms. The second-order valence-corrected chi connectivity index (χ2v) is 9.12. The molecule has 1 atom stereocenters. The van der Waals surface area contributed by atoms with Gasteiger partial charge in [0.1, 0.15) is 11.0 Å². The third-order valence-corrected chi connectivity index (χ3v) is 6.30. The van der Waals surface area contributed by atoms with Crippen LogP contribution < -0.4 is 10.6 Å². The van der Waals surface area contributed by atoms with Crippen LogP contribution >= 0.6 is 22.9 Å². The van der Waals surface area contributed by atoms with Gasteiger partial charge in [-0.3, -0.25) is 14.9 Å². The number of anilines is 1. The van der Waals surface area contributed by atoms with Gasteiger partial charge in [-0.15, -0.1) is 10.2 Å². The molecular weight excluding hydrogens is 468 g/mol. The summed E-state index contributed by atoms with van der Waals surface area (Å²) in [6.45, 7) is 0. The van der Waals surface area contributed by atoms with E-state index in [1.807, 2.05) is 72.8 Å². The molecule has 0 aliphatic heterocycles. The number of carbonyl (C=O) groups excluding carboxylic acids is 2. The molecule has 0 radical (unpaired) electrons. The average molecular weight is 491 g/mol. The average Bonchev–Trinajstić information content (AvgIpc) is 3.32. The molecule has 6 nitrogen and oxygen atoms in total. The Labute approximate surface area is 207 Å². The summed E-state index contributed by atoms with van der Waals surface area (Å²) in [6, 6.07) is 25.9. The van der Waals surface area contributed by atoms with Gasteiger partial charge < -0.3 is 5.32 Å². The number of aromatic nitrogens is 2. The van der Waals surface area contributed by atoms with Crippen LogP contribution in [0, 0.1) is 0 Å². The van der Waals surface area contributed by atoms with E-state index in [4.69, 9.17) is 11.6 Å². The molecule has 0 aliphatic rings. The Balaban J connectivity index is 1.43. The minimum Gasteiger partial charge on any atom is -0.344 e. The quantitative estimate of drug-likeness (QED) is 0.339. The van der Waals surface area contributed by atoms with Crippen LogP contribution in [0.2, 0.25) is 5.02 Å². The first kappa shape index (κ1) is 23.6. The zero-order chi connectivity index (χ0) is 23.8.